The van der Waals surface area contributed by atoms with E-state index in [1.807, 2.05) is 37.0 Å². The second-order valence-corrected chi connectivity index (χ2v) is 5.60. The second kappa shape index (κ2) is 6.08. The molecular weight excluding hydrogens is 290 g/mol. The Hall–Kier alpha value is -2.89. The van der Waals surface area contributed by atoms with E-state index in [1.165, 1.54) is 11.1 Å². The normalized spacial score (nSPS) is 10.7. The van der Waals surface area contributed by atoms with Gasteiger partial charge in [-0.15, -0.1) is 0 Å². The molecule has 0 spiro atoms. The highest BCUT2D eigenvalue weighted by molar-refractivity contribution is 6.02. The Morgan fingerprint density at radius 2 is 2.04 bits per heavy atom. The summed E-state index contributed by atoms with van der Waals surface area (Å²) in [5, 5.41) is 11.3. The van der Waals surface area contributed by atoms with E-state index < -0.39 is 0 Å². The molecule has 1 amide bonds. The highest BCUT2D eigenvalue weighted by Gasteiger charge is 2.12. The van der Waals surface area contributed by atoms with Gasteiger partial charge in [0.25, 0.3) is 5.91 Å². The summed E-state index contributed by atoms with van der Waals surface area (Å²) in [7, 11) is 1.81. The molecule has 1 aromatic carbocycles. The van der Waals surface area contributed by atoms with Gasteiger partial charge in [-0.3, -0.25) is 14.2 Å². The number of nitrogens with zero attached hydrogens (tertiary/aromatic N) is 4. The van der Waals surface area contributed by atoms with Crippen LogP contribution in [0.4, 0.5) is 5.69 Å². The first-order valence-electron chi connectivity index (χ1n) is 7.42. The smallest absolute Gasteiger partial charge is 0.276 e. The van der Waals surface area contributed by atoms with E-state index in [4.69, 9.17) is 0 Å². The summed E-state index contributed by atoms with van der Waals surface area (Å²) >= 11 is 0. The lowest BCUT2D eigenvalue weighted by Gasteiger charge is -2.05. The highest BCUT2D eigenvalue weighted by atomic mass is 16.2. The number of nitrogens with one attached hydrogen (secondary N) is 1. The van der Waals surface area contributed by atoms with Gasteiger partial charge in [-0.05, 0) is 31.0 Å². The van der Waals surface area contributed by atoms with Crippen LogP contribution in [0.15, 0.2) is 42.7 Å². The van der Waals surface area contributed by atoms with Crippen LogP contribution >= 0.6 is 0 Å². The molecular formula is C17H19N5O. The number of rotatable bonds is 4. The molecule has 6 nitrogen and oxygen atoms in total. The Balaban J connectivity index is 1.70. The van der Waals surface area contributed by atoms with E-state index in [2.05, 4.69) is 34.6 Å². The fourth-order valence-corrected chi connectivity index (χ4v) is 2.34. The van der Waals surface area contributed by atoms with E-state index in [9.17, 15) is 4.79 Å². The van der Waals surface area contributed by atoms with Gasteiger partial charge in [-0.2, -0.15) is 10.2 Å². The van der Waals surface area contributed by atoms with Crippen LogP contribution in [0.25, 0.3) is 0 Å². The molecule has 0 atom stereocenters. The van der Waals surface area contributed by atoms with Crippen molar-refractivity contribution in [3.63, 3.8) is 0 Å². The highest BCUT2D eigenvalue weighted by Crippen LogP contribution is 2.12. The van der Waals surface area contributed by atoms with E-state index in [0.29, 0.717) is 17.9 Å². The van der Waals surface area contributed by atoms with Gasteiger partial charge in [-0.1, -0.05) is 24.3 Å². The molecule has 6 heteroatoms. The number of anilines is 1. The molecule has 0 radical (unpaired) electrons. The molecule has 1 N–H and O–H groups in total. The van der Waals surface area contributed by atoms with Gasteiger partial charge in [-0.25, -0.2) is 0 Å². The first-order valence-corrected chi connectivity index (χ1v) is 7.42. The van der Waals surface area contributed by atoms with Gasteiger partial charge < -0.3 is 5.32 Å². The monoisotopic (exact) mass is 309 g/mol. The van der Waals surface area contributed by atoms with Crippen LogP contribution in [0.1, 0.15) is 27.3 Å². The van der Waals surface area contributed by atoms with Crippen molar-refractivity contribution in [3.8, 4) is 0 Å². The Bertz CT molecular complexity index is 827. The number of benzene rings is 1. The molecule has 0 fully saturated rings. The maximum absolute atomic E-state index is 12.2. The van der Waals surface area contributed by atoms with Crippen LogP contribution in [-0.4, -0.2) is 25.5 Å². The lowest BCUT2D eigenvalue weighted by molar-refractivity contribution is 0.102. The Kier molecular flexibility index (Phi) is 3.97. The molecule has 0 aliphatic heterocycles. The van der Waals surface area contributed by atoms with E-state index >= 15 is 0 Å². The lowest BCUT2D eigenvalue weighted by Crippen LogP contribution is -2.12. The third-order valence-corrected chi connectivity index (χ3v) is 3.83. The van der Waals surface area contributed by atoms with Gasteiger partial charge in [0.15, 0.2) is 5.69 Å². The molecule has 23 heavy (non-hydrogen) atoms. The minimum atomic E-state index is -0.232. The minimum Gasteiger partial charge on any atom is -0.318 e. The summed E-state index contributed by atoms with van der Waals surface area (Å²) in [5.41, 5.74) is 4.42. The molecule has 2 aromatic heterocycles. The average Bonchev–Trinajstić information content (AvgIpc) is 3.09. The lowest BCUT2D eigenvalue weighted by atomic mass is 10.1. The zero-order valence-corrected chi connectivity index (χ0v) is 13.4. The zero-order valence-electron chi connectivity index (χ0n) is 13.4. The van der Waals surface area contributed by atoms with Crippen LogP contribution in [0.2, 0.25) is 0 Å². The number of aromatic nitrogens is 4. The number of hydrogen-bond acceptors (Lipinski definition) is 3. The molecule has 3 rings (SSSR count). The number of carbonyl (C=O) groups is 1. The Morgan fingerprint density at radius 3 is 2.74 bits per heavy atom. The van der Waals surface area contributed by atoms with Gasteiger partial charge in [0, 0.05) is 18.9 Å². The standard InChI is InChI=1S/C17H19N5O/c1-12-6-4-5-7-14(12)10-22-11-15(9-18-22)19-17(23)16-8-13(2)21(3)20-16/h4-9,11H,10H2,1-3H3,(H,19,23). The van der Waals surface area contributed by atoms with E-state index in [0.717, 1.165) is 5.69 Å². The maximum atomic E-state index is 12.2. The molecule has 0 unspecified atom stereocenters. The fraction of sp³-hybridized carbons (Fsp3) is 0.235. The third-order valence-electron chi connectivity index (χ3n) is 3.83. The quantitative estimate of drug-likeness (QED) is 0.805. The maximum Gasteiger partial charge on any atom is 0.276 e. The largest absolute Gasteiger partial charge is 0.318 e. The summed E-state index contributed by atoms with van der Waals surface area (Å²) in [5.74, 6) is -0.232. The topological polar surface area (TPSA) is 64.7 Å². The van der Waals surface area contributed by atoms with Crippen LogP contribution in [-0.2, 0) is 13.6 Å². The average molecular weight is 309 g/mol. The van der Waals surface area contributed by atoms with Crippen molar-refractivity contribution in [2.45, 2.75) is 20.4 Å². The molecule has 0 saturated carbocycles. The SMILES string of the molecule is Cc1ccccc1Cn1cc(NC(=O)c2cc(C)n(C)n2)cn1. The number of amides is 1. The van der Waals surface area contributed by atoms with Crippen LogP contribution < -0.4 is 5.32 Å². The molecule has 0 aliphatic carbocycles. The van der Waals surface area contributed by atoms with Gasteiger partial charge in [0.1, 0.15) is 0 Å². The van der Waals surface area contributed by atoms with Gasteiger partial charge in [0.05, 0.1) is 18.4 Å². The summed E-state index contributed by atoms with van der Waals surface area (Å²) < 4.78 is 3.48. The summed E-state index contributed by atoms with van der Waals surface area (Å²) in [6.07, 6.45) is 3.46. The Morgan fingerprint density at radius 1 is 1.26 bits per heavy atom. The van der Waals surface area contributed by atoms with Crippen molar-refractivity contribution in [1.82, 2.24) is 19.6 Å². The van der Waals surface area contributed by atoms with Gasteiger partial charge >= 0.3 is 0 Å². The fourth-order valence-electron chi connectivity index (χ4n) is 2.34. The van der Waals surface area contributed by atoms with Crippen molar-refractivity contribution in [2.24, 2.45) is 7.05 Å². The van der Waals surface area contributed by atoms with Crippen LogP contribution in [0.5, 0.6) is 0 Å². The number of aryl methyl sites for hydroxylation is 3. The van der Waals surface area contributed by atoms with E-state index in [1.54, 1.807) is 16.9 Å². The van der Waals surface area contributed by atoms with Crippen molar-refractivity contribution < 1.29 is 4.79 Å². The van der Waals surface area contributed by atoms with Crippen molar-refractivity contribution in [3.05, 3.63) is 65.2 Å². The van der Waals surface area contributed by atoms with Crippen LogP contribution in [0, 0.1) is 13.8 Å². The predicted molar refractivity (Wildman–Crippen MR) is 88.4 cm³/mol. The van der Waals surface area contributed by atoms with Crippen molar-refractivity contribution in [1.29, 1.82) is 0 Å². The van der Waals surface area contributed by atoms with Crippen LogP contribution in [0.3, 0.4) is 0 Å². The summed E-state index contributed by atoms with van der Waals surface area (Å²) in [6, 6.07) is 9.93. The summed E-state index contributed by atoms with van der Waals surface area (Å²) in [6.45, 7) is 4.65. The summed E-state index contributed by atoms with van der Waals surface area (Å²) in [4.78, 5) is 12.2. The van der Waals surface area contributed by atoms with Crippen molar-refractivity contribution in [2.75, 3.05) is 5.32 Å². The second-order valence-electron chi connectivity index (χ2n) is 5.60. The molecule has 3 aromatic rings. The zero-order chi connectivity index (χ0) is 16.4. The first-order chi connectivity index (χ1) is 11.0. The minimum absolute atomic E-state index is 0.232. The molecule has 0 bridgehead atoms. The Labute approximate surface area is 134 Å². The molecule has 0 aliphatic rings. The number of carbonyl (C=O) groups excluding carboxylic acids is 1. The molecule has 118 valence electrons. The van der Waals surface area contributed by atoms with Crippen molar-refractivity contribution >= 4 is 11.6 Å². The predicted octanol–water partition coefficient (Wildman–Crippen LogP) is 2.53. The first kappa shape index (κ1) is 15.0. The van der Waals surface area contributed by atoms with Gasteiger partial charge in [0.2, 0.25) is 0 Å². The molecule has 0 saturated heterocycles. The molecule has 2 heterocycles. The third kappa shape index (κ3) is 3.31. The van der Waals surface area contributed by atoms with E-state index in [-0.39, 0.29) is 5.91 Å². The number of hydrogen-bond donors (Lipinski definition) is 1.